The lowest BCUT2D eigenvalue weighted by atomic mass is 10.1. The number of aryl methyl sites for hydroxylation is 1. The molecule has 0 atom stereocenters. The van der Waals surface area contributed by atoms with Gasteiger partial charge < -0.3 is 16.0 Å². The summed E-state index contributed by atoms with van der Waals surface area (Å²) < 4.78 is 0. The summed E-state index contributed by atoms with van der Waals surface area (Å²) in [5, 5.41) is 2.89. The minimum Gasteiger partial charge on any atom is -0.397 e. The van der Waals surface area contributed by atoms with E-state index >= 15 is 0 Å². The van der Waals surface area contributed by atoms with Gasteiger partial charge in [0.2, 0.25) is 5.91 Å². The lowest BCUT2D eigenvalue weighted by molar-refractivity contribution is -0.121. The van der Waals surface area contributed by atoms with Gasteiger partial charge in [0.1, 0.15) is 0 Å². The van der Waals surface area contributed by atoms with Gasteiger partial charge in [-0.1, -0.05) is 13.0 Å². The van der Waals surface area contributed by atoms with Gasteiger partial charge in [-0.15, -0.1) is 0 Å². The Bertz CT molecular complexity index is 453. The van der Waals surface area contributed by atoms with Crippen molar-refractivity contribution in [3.8, 4) is 0 Å². The van der Waals surface area contributed by atoms with Crippen LogP contribution in [-0.4, -0.2) is 25.5 Å². The number of rotatable bonds is 6. The summed E-state index contributed by atoms with van der Waals surface area (Å²) in [6.07, 6.45) is 4.75. The molecule has 1 aliphatic rings. The number of carbonyl (C=O) groups is 1. The summed E-state index contributed by atoms with van der Waals surface area (Å²) in [6.45, 7) is 5.01. The Labute approximate surface area is 121 Å². The Morgan fingerprint density at radius 3 is 2.75 bits per heavy atom. The molecule has 3 N–H and O–H groups in total. The smallest absolute Gasteiger partial charge is 0.220 e. The highest BCUT2D eigenvalue weighted by molar-refractivity contribution is 5.76. The van der Waals surface area contributed by atoms with E-state index in [2.05, 4.69) is 29.3 Å². The first-order valence-electron chi connectivity index (χ1n) is 7.60. The van der Waals surface area contributed by atoms with Crippen molar-refractivity contribution in [2.75, 3.05) is 30.3 Å². The van der Waals surface area contributed by atoms with E-state index in [0.717, 1.165) is 49.4 Å². The van der Waals surface area contributed by atoms with Crippen molar-refractivity contribution in [3.05, 3.63) is 23.8 Å². The molecule has 4 heteroatoms. The van der Waals surface area contributed by atoms with Crippen LogP contribution in [0.5, 0.6) is 0 Å². The zero-order chi connectivity index (χ0) is 14.4. The zero-order valence-corrected chi connectivity index (χ0v) is 12.3. The molecule has 1 heterocycles. The van der Waals surface area contributed by atoms with E-state index in [0.29, 0.717) is 6.42 Å². The van der Waals surface area contributed by atoms with Crippen LogP contribution in [0, 0.1) is 0 Å². The van der Waals surface area contributed by atoms with Crippen LogP contribution in [0.4, 0.5) is 11.4 Å². The topological polar surface area (TPSA) is 58.4 Å². The third kappa shape index (κ3) is 3.89. The summed E-state index contributed by atoms with van der Waals surface area (Å²) in [5.41, 5.74) is 9.25. The monoisotopic (exact) mass is 275 g/mol. The van der Waals surface area contributed by atoms with E-state index in [1.807, 2.05) is 6.07 Å². The van der Waals surface area contributed by atoms with Gasteiger partial charge in [0.25, 0.3) is 0 Å². The summed E-state index contributed by atoms with van der Waals surface area (Å²) in [4.78, 5) is 13.9. The highest BCUT2D eigenvalue weighted by Gasteiger charge is 2.14. The van der Waals surface area contributed by atoms with Crippen LogP contribution in [0.1, 0.15) is 38.2 Å². The molecule has 1 aliphatic heterocycles. The minimum atomic E-state index is 0.119. The van der Waals surface area contributed by atoms with E-state index in [1.165, 1.54) is 12.8 Å². The predicted molar refractivity (Wildman–Crippen MR) is 83.9 cm³/mol. The number of carbonyl (C=O) groups excluding carboxylic acids is 1. The van der Waals surface area contributed by atoms with Crippen molar-refractivity contribution in [2.45, 2.75) is 39.0 Å². The van der Waals surface area contributed by atoms with Gasteiger partial charge in [-0.2, -0.15) is 0 Å². The highest BCUT2D eigenvalue weighted by atomic mass is 16.1. The second-order valence-electron chi connectivity index (χ2n) is 5.44. The number of nitrogens with zero attached hydrogens (tertiary/aromatic N) is 1. The summed E-state index contributed by atoms with van der Waals surface area (Å²) in [7, 11) is 0. The van der Waals surface area contributed by atoms with Crippen molar-refractivity contribution in [1.82, 2.24) is 5.32 Å². The van der Waals surface area contributed by atoms with Crippen LogP contribution in [0.15, 0.2) is 18.2 Å². The van der Waals surface area contributed by atoms with Gasteiger partial charge in [-0.05, 0) is 43.4 Å². The molecular weight excluding hydrogens is 250 g/mol. The standard InChI is InChI=1S/C16H25N3O/c1-2-9-18-16(20)8-6-13-5-7-15(14(17)12-13)19-10-3-4-11-19/h5,7,12H,2-4,6,8-11,17H2,1H3,(H,18,20). The van der Waals surface area contributed by atoms with Crippen LogP contribution in [0.3, 0.4) is 0 Å². The number of hydrogen-bond acceptors (Lipinski definition) is 3. The Morgan fingerprint density at radius 1 is 1.35 bits per heavy atom. The number of anilines is 2. The lowest BCUT2D eigenvalue weighted by Gasteiger charge is -2.20. The van der Waals surface area contributed by atoms with Crippen LogP contribution in [0.25, 0.3) is 0 Å². The molecule has 0 aliphatic carbocycles. The second-order valence-corrected chi connectivity index (χ2v) is 5.44. The molecule has 1 aromatic carbocycles. The average molecular weight is 275 g/mol. The maximum Gasteiger partial charge on any atom is 0.220 e. The predicted octanol–water partition coefficient (Wildman–Crippen LogP) is 2.33. The maximum absolute atomic E-state index is 11.6. The third-order valence-electron chi connectivity index (χ3n) is 3.75. The van der Waals surface area contributed by atoms with Crippen molar-refractivity contribution < 1.29 is 4.79 Å². The first-order valence-corrected chi connectivity index (χ1v) is 7.60. The van der Waals surface area contributed by atoms with Crippen LogP contribution in [0.2, 0.25) is 0 Å². The fraction of sp³-hybridized carbons (Fsp3) is 0.562. The van der Waals surface area contributed by atoms with Crippen LogP contribution < -0.4 is 16.0 Å². The van der Waals surface area contributed by atoms with E-state index in [-0.39, 0.29) is 5.91 Å². The Hall–Kier alpha value is -1.71. The van der Waals surface area contributed by atoms with Crippen molar-refractivity contribution in [1.29, 1.82) is 0 Å². The molecule has 0 aromatic heterocycles. The van der Waals surface area contributed by atoms with E-state index in [1.54, 1.807) is 0 Å². The van der Waals surface area contributed by atoms with Crippen LogP contribution in [-0.2, 0) is 11.2 Å². The summed E-state index contributed by atoms with van der Waals surface area (Å²) in [5.74, 6) is 0.119. The number of amides is 1. The van der Waals surface area contributed by atoms with Gasteiger partial charge in [-0.3, -0.25) is 4.79 Å². The van der Waals surface area contributed by atoms with Gasteiger partial charge in [0, 0.05) is 26.1 Å². The SMILES string of the molecule is CCCNC(=O)CCc1ccc(N2CCCC2)c(N)c1. The van der Waals surface area contributed by atoms with Gasteiger partial charge in [0.15, 0.2) is 0 Å². The number of hydrogen-bond donors (Lipinski definition) is 2. The fourth-order valence-corrected chi connectivity index (χ4v) is 2.62. The molecule has 0 unspecified atom stereocenters. The first kappa shape index (κ1) is 14.7. The number of benzene rings is 1. The van der Waals surface area contributed by atoms with Crippen molar-refractivity contribution in [3.63, 3.8) is 0 Å². The molecule has 1 fully saturated rings. The van der Waals surface area contributed by atoms with Gasteiger partial charge >= 0.3 is 0 Å². The fourth-order valence-electron chi connectivity index (χ4n) is 2.62. The Balaban J connectivity index is 1.90. The average Bonchev–Trinajstić information content (AvgIpc) is 2.97. The van der Waals surface area contributed by atoms with E-state index in [4.69, 9.17) is 5.73 Å². The molecule has 1 aromatic rings. The van der Waals surface area contributed by atoms with Gasteiger partial charge in [0.05, 0.1) is 11.4 Å². The van der Waals surface area contributed by atoms with E-state index in [9.17, 15) is 4.79 Å². The molecule has 0 bridgehead atoms. The number of nitrogens with one attached hydrogen (secondary N) is 1. The molecule has 0 radical (unpaired) electrons. The Kier molecular flexibility index (Phi) is 5.27. The molecule has 1 amide bonds. The molecule has 110 valence electrons. The summed E-state index contributed by atoms with van der Waals surface area (Å²) >= 11 is 0. The van der Waals surface area contributed by atoms with Crippen molar-refractivity contribution in [2.24, 2.45) is 0 Å². The molecular formula is C16H25N3O. The molecule has 0 spiro atoms. The lowest BCUT2D eigenvalue weighted by Crippen LogP contribution is -2.24. The zero-order valence-electron chi connectivity index (χ0n) is 12.3. The van der Waals surface area contributed by atoms with Crippen molar-refractivity contribution >= 4 is 17.3 Å². The Morgan fingerprint density at radius 2 is 2.10 bits per heavy atom. The number of nitrogens with two attached hydrogens (primary N) is 1. The maximum atomic E-state index is 11.6. The van der Waals surface area contributed by atoms with Crippen LogP contribution >= 0.6 is 0 Å². The molecule has 2 rings (SSSR count). The molecule has 1 saturated heterocycles. The largest absolute Gasteiger partial charge is 0.397 e. The minimum absolute atomic E-state index is 0.119. The summed E-state index contributed by atoms with van der Waals surface area (Å²) in [6, 6.07) is 6.21. The molecule has 20 heavy (non-hydrogen) atoms. The second kappa shape index (κ2) is 7.17. The molecule has 4 nitrogen and oxygen atoms in total. The quantitative estimate of drug-likeness (QED) is 0.783. The highest BCUT2D eigenvalue weighted by Crippen LogP contribution is 2.27. The third-order valence-corrected chi connectivity index (χ3v) is 3.75. The molecule has 0 saturated carbocycles. The number of nitrogen functional groups attached to an aromatic ring is 1. The van der Waals surface area contributed by atoms with Gasteiger partial charge in [-0.25, -0.2) is 0 Å². The first-order chi connectivity index (χ1) is 9.70. The normalized spacial score (nSPS) is 14.6. The van der Waals surface area contributed by atoms with E-state index < -0.39 is 0 Å².